The molecule has 1 aromatic carbocycles. The molecule has 0 saturated carbocycles. The first-order valence-corrected chi connectivity index (χ1v) is 2.89. The molecular formula is C6H4N2O4. The Hall–Kier alpha value is -1.98. The zero-order valence-electron chi connectivity index (χ0n) is 5.79. The minimum Gasteiger partial charge on any atom is -0.394 e. The van der Waals surface area contributed by atoms with Crippen LogP contribution in [0.3, 0.4) is 0 Å². The van der Waals surface area contributed by atoms with E-state index in [4.69, 9.17) is 11.5 Å². The third-order valence-electron chi connectivity index (χ3n) is 1.40. The summed E-state index contributed by atoms with van der Waals surface area (Å²) in [4.78, 5) is 42.6. The van der Waals surface area contributed by atoms with Gasteiger partial charge in [0.05, 0.1) is 0 Å². The standard InChI is InChI=1S/C6H4N2O4/c7-1-2(8)4(10)6(12)5(11)3(1)9/h7-8H2. The third-order valence-corrected chi connectivity index (χ3v) is 1.40. The minimum absolute atomic E-state index is 0.649. The summed E-state index contributed by atoms with van der Waals surface area (Å²) in [6.45, 7) is 0. The number of nitrogen functional groups attached to an aromatic ring is 2. The van der Waals surface area contributed by atoms with E-state index in [0.717, 1.165) is 0 Å². The van der Waals surface area contributed by atoms with E-state index in [1.807, 2.05) is 0 Å². The number of anilines is 2. The fourth-order valence-electron chi connectivity index (χ4n) is 0.695. The van der Waals surface area contributed by atoms with Gasteiger partial charge in [-0.05, 0) is 0 Å². The molecule has 1 rings (SSSR count). The molecule has 0 bridgehead atoms. The second-order valence-corrected chi connectivity index (χ2v) is 2.14. The Morgan fingerprint density at radius 1 is 0.583 bits per heavy atom. The topological polar surface area (TPSA) is 120 Å². The molecule has 12 heavy (non-hydrogen) atoms. The molecule has 1 aromatic rings. The van der Waals surface area contributed by atoms with E-state index in [2.05, 4.69) is 0 Å². The first-order valence-electron chi connectivity index (χ1n) is 2.89. The second kappa shape index (κ2) is 2.26. The Bertz CT molecular complexity index is 475. The minimum atomic E-state index is -1.42. The van der Waals surface area contributed by atoms with Crippen molar-refractivity contribution in [3.05, 3.63) is 40.9 Å². The van der Waals surface area contributed by atoms with Crippen LogP contribution in [0.2, 0.25) is 0 Å². The molecule has 6 heteroatoms. The maximum atomic E-state index is 10.7. The van der Waals surface area contributed by atoms with E-state index in [1.54, 1.807) is 0 Å². The summed E-state index contributed by atoms with van der Waals surface area (Å²) >= 11 is 0. The highest BCUT2D eigenvalue weighted by molar-refractivity contribution is 5.61. The van der Waals surface area contributed by atoms with Crippen LogP contribution in [0.1, 0.15) is 0 Å². The molecule has 0 fully saturated rings. The molecule has 6 nitrogen and oxygen atoms in total. The normalized spacial score (nSPS) is 10.0. The Kier molecular flexibility index (Phi) is 1.53. The van der Waals surface area contributed by atoms with E-state index in [-0.39, 0.29) is 0 Å². The van der Waals surface area contributed by atoms with Crippen molar-refractivity contribution in [3.63, 3.8) is 0 Å². The Morgan fingerprint density at radius 3 is 1.08 bits per heavy atom. The van der Waals surface area contributed by atoms with E-state index >= 15 is 0 Å². The number of hydrogen-bond acceptors (Lipinski definition) is 6. The molecule has 0 amide bonds. The van der Waals surface area contributed by atoms with Crippen LogP contribution in [0.5, 0.6) is 0 Å². The van der Waals surface area contributed by atoms with Crippen LogP contribution < -0.4 is 33.2 Å². The van der Waals surface area contributed by atoms with Gasteiger partial charge in [-0.25, -0.2) is 0 Å². The average Bonchev–Trinajstić information content (AvgIpc) is 2.08. The zero-order valence-corrected chi connectivity index (χ0v) is 5.79. The van der Waals surface area contributed by atoms with E-state index in [9.17, 15) is 19.2 Å². The summed E-state index contributed by atoms with van der Waals surface area (Å²) in [6, 6.07) is 0. The number of nitrogens with two attached hydrogens (primary N) is 2. The SMILES string of the molecule is Nc1c(N)c(=O)c(=O)c(=O)c1=O. The number of benzene rings is 1. The monoisotopic (exact) mass is 168 g/mol. The quantitative estimate of drug-likeness (QED) is 0.318. The van der Waals surface area contributed by atoms with Crippen molar-refractivity contribution in [2.24, 2.45) is 0 Å². The maximum absolute atomic E-state index is 10.7. The summed E-state index contributed by atoms with van der Waals surface area (Å²) in [7, 11) is 0. The molecule has 62 valence electrons. The van der Waals surface area contributed by atoms with Gasteiger partial charge < -0.3 is 11.5 Å². The number of hydrogen-bond donors (Lipinski definition) is 2. The van der Waals surface area contributed by atoms with Crippen LogP contribution in [-0.4, -0.2) is 0 Å². The summed E-state index contributed by atoms with van der Waals surface area (Å²) in [5.41, 5.74) is 3.38. The lowest BCUT2D eigenvalue weighted by Gasteiger charge is -1.91. The predicted octanol–water partition coefficient (Wildman–Crippen LogP) is -2.83. The van der Waals surface area contributed by atoms with Crippen molar-refractivity contribution >= 4 is 11.4 Å². The lowest BCUT2D eigenvalue weighted by Crippen LogP contribution is -2.48. The largest absolute Gasteiger partial charge is 0.394 e. The van der Waals surface area contributed by atoms with Crippen LogP contribution >= 0.6 is 0 Å². The van der Waals surface area contributed by atoms with Crippen molar-refractivity contribution < 1.29 is 0 Å². The van der Waals surface area contributed by atoms with Crippen molar-refractivity contribution in [1.82, 2.24) is 0 Å². The molecule has 0 heterocycles. The van der Waals surface area contributed by atoms with Gasteiger partial charge in [0.2, 0.25) is 0 Å². The van der Waals surface area contributed by atoms with E-state index < -0.39 is 33.1 Å². The lowest BCUT2D eigenvalue weighted by atomic mass is 10.2. The predicted molar refractivity (Wildman–Crippen MR) is 42.7 cm³/mol. The summed E-state index contributed by atoms with van der Waals surface area (Å²) in [6.07, 6.45) is 0. The van der Waals surface area contributed by atoms with Crippen LogP contribution in [0, 0.1) is 0 Å². The molecule has 0 aliphatic heterocycles. The van der Waals surface area contributed by atoms with Crippen molar-refractivity contribution in [2.45, 2.75) is 0 Å². The van der Waals surface area contributed by atoms with Gasteiger partial charge in [0.15, 0.2) is 0 Å². The summed E-state index contributed by atoms with van der Waals surface area (Å²) < 4.78 is 0. The van der Waals surface area contributed by atoms with Crippen LogP contribution in [0.25, 0.3) is 0 Å². The van der Waals surface area contributed by atoms with Crippen molar-refractivity contribution in [3.8, 4) is 0 Å². The fourth-order valence-corrected chi connectivity index (χ4v) is 0.695. The van der Waals surface area contributed by atoms with Gasteiger partial charge in [-0.1, -0.05) is 0 Å². The highest BCUT2D eigenvalue weighted by Gasteiger charge is 2.13. The zero-order chi connectivity index (χ0) is 9.46. The molecule has 4 N–H and O–H groups in total. The van der Waals surface area contributed by atoms with Gasteiger partial charge in [-0.3, -0.25) is 19.2 Å². The average molecular weight is 168 g/mol. The van der Waals surface area contributed by atoms with E-state index in [0.29, 0.717) is 0 Å². The maximum Gasteiger partial charge on any atom is 0.279 e. The molecule has 0 aromatic heterocycles. The van der Waals surface area contributed by atoms with Crippen LogP contribution in [0.15, 0.2) is 19.2 Å². The fraction of sp³-hybridized carbons (Fsp3) is 0. The summed E-state index contributed by atoms with van der Waals surface area (Å²) in [5.74, 6) is 0. The second-order valence-electron chi connectivity index (χ2n) is 2.14. The van der Waals surface area contributed by atoms with Gasteiger partial charge in [-0.2, -0.15) is 0 Å². The molecular weight excluding hydrogens is 164 g/mol. The molecule has 0 spiro atoms. The molecule has 0 aliphatic carbocycles. The first kappa shape index (κ1) is 8.12. The first-order chi connectivity index (χ1) is 5.46. The van der Waals surface area contributed by atoms with Crippen LogP contribution in [0.4, 0.5) is 11.4 Å². The van der Waals surface area contributed by atoms with Crippen molar-refractivity contribution in [1.29, 1.82) is 0 Å². The highest BCUT2D eigenvalue weighted by atomic mass is 16.2. The summed E-state index contributed by atoms with van der Waals surface area (Å²) in [5, 5.41) is 0. The van der Waals surface area contributed by atoms with Gasteiger partial charge in [0.1, 0.15) is 11.4 Å². The molecule has 0 aliphatic rings. The van der Waals surface area contributed by atoms with Gasteiger partial charge in [-0.15, -0.1) is 0 Å². The van der Waals surface area contributed by atoms with Gasteiger partial charge in [0, 0.05) is 0 Å². The Morgan fingerprint density at radius 2 is 0.833 bits per heavy atom. The van der Waals surface area contributed by atoms with E-state index in [1.165, 1.54) is 0 Å². The highest BCUT2D eigenvalue weighted by Crippen LogP contribution is 1.94. The van der Waals surface area contributed by atoms with Gasteiger partial charge >= 0.3 is 0 Å². The molecule has 0 atom stereocenters. The Labute approximate surface area is 64.8 Å². The molecule has 0 radical (unpaired) electrons. The van der Waals surface area contributed by atoms with Crippen LogP contribution in [-0.2, 0) is 0 Å². The van der Waals surface area contributed by atoms with Crippen molar-refractivity contribution in [2.75, 3.05) is 11.5 Å². The lowest BCUT2D eigenvalue weighted by molar-refractivity contribution is 1.35. The molecule has 0 saturated heterocycles. The number of rotatable bonds is 0. The molecule has 0 unspecified atom stereocenters. The Balaban J connectivity index is 4.15. The van der Waals surface area contributed by atoms with Gasteiger partial charge in [0.25, 0.3) is 21.7 Å². The third kappa shape index (κ3) is 0.815. The smallest absolute Gasteiger partial charge is 0.279 e.